The van der Waals surface area contributed by atoms with Gasteiger partial charge in [0.15, 0.2) is 0 Å². The number of nitrogens with zero attached hydrogens (tertiary/aromatic N) is 1. The summed E-state index contributed by atoms with van der Waals surface area (Å²) in [6.07, 6.45) is 2.81. The summed E-state index contributed by atoms with van der Waals surface area (Å²) in [5.74, 6) is 0.513. The largest absolute Gasteiger partial charge is 0.337 e. The lowest BCUT2D eigenvalue weighted by Crippen LogP contribution is -2.43. The van der Waals surface area contributed by atoms with Gasteiger partial charge in [-0.1, -0.05) is 38.1 Å². The third-order valence-corrected chi connectivity index (χ3v) is 3.96. The number of likely N-dealkylation sites (N-methyl/N-ethyl adjacent to an activating group) is 1. The second-order valence-electron chi connectivity index (χ2n) is 5.94. The van der Waals surface area contributed by atoms with Crippen molar-refractivity contribution in [3.05, 3.63) is 35.4 Å². The van der Waals surface area contributed by atoms with Crippen LogP contribution in [0, 0.1) is 5.92 Å². The first kappa shape index (κ1) is 14.1. The first-order valence-corrected chi connectivity index (χ1v) is 7.10. The Hall–Kier alpha value is -1.35. The van der Waals surface area contributed by atoms with Crippen molar-refractivity contribution in [3.8, 4) is 0 Å². The van der Waals surface area contributed by atoms with E-state index in [1.807, 2.05) is 18.0 Å². The fourth-order valence-corrected chi connectivity index (χ4v) is 2.96. The highest BCUT2D eigenvalue weighted by atomic mass is 16.2. The zero-order valence-corrected chi connectivity index (χ0v) is 12.1. The first-order valence-electron chi connectivity index (χ1n) is 7.10. The van der Waals surface area contributed by atoms with E-state index in [0.29, 0.717) is 5.92 Å². The van der Waals surface area contributed by atoms with Crippen LogP contribution in [0.15, 0.2) is 24.3 Å². The molecular formula is C16H24N2O. The second-order valence-corrected chi connectivity index (χ2v) is 5.94. The van der Waals surface area contributed by atoms with Gasteiger partial charge in [-0.05, 0) is 36.3 Å². The van der Waals surface area contributed by atoms with Gasteiger partial charge >= 0.3 is 0 Å². The highest BCUT2D eigenvalue weighted by Gasteiger charge is 2.30. The average molecular weight is 260 g/mol. The zero-order chi connectivity index (χ0) is 14.0. The predicted molar refractivity (Wildman–Crippen MR) is 77.7 cm³/mol. The number of carbonyl (C=O) groups excluding carboxylic acids is 1. The third kappa shape index (κ3) is 2.98. The molecule has 0 heterocycles. The van der Waals surface area contributed by atoms with Gasteiger partial charge in [-0.2, -0.15) is 0 Å². The van der Waals surface area contributed by atoms with Crippen molar-refractivity contribution in [2.45, 2.75) is 45.2 Å². The first-order chi connectivity index (χ1) is 9.00. The van der Waals surface area contributed by atoms with E-state index in [1.165, 1.54) is 11.1 Å². The van der Waals surface area contributed by atoms with Gasteiger partial charge in [-0.3, -0.25) is 4.79 Å². The minimum absolute atomic E-state index is 0.0652. The van der Waals surface area contributed by atoms with Crippen LogP contribution in [0.5, 0.6) is 0 Å². The van der Waals surface area contributed by atoms with Crippen LogP contribution in [0.2, 0.25) is 0 Å². The van der Waals surface area contributed by atoms with Crippen molar-refractivity contribution in [2.24, 2.45) is 11.7 Å². The van der Waals surface area contributed by atoms with E-state index in [-0.39, 0.29) is 18.0 Å². The summed E-state index contributed by atoms with van der Waals surface area (Å²) in [5.41, 5.74) is 8.67. The molecule has 19 heavy (non-hydrogen) atoms. The van der Waals surface area contributed by atoms with E-state index in [4.69, 9.17) is 5.73 Å². The van der Waals surface area contributed by atoms with Crippen molar-refractivity contribution >= 4 is 5.91 Å². The van der Waals surface area contributed by atoms with Crippen LogP contribution < -0.4 is 5.73 Å². The normalized spacial score (nSPS) is 19.3. The molecule has 1 aliphatic carbocycles. The summed E-state index contributed by atoms with van der Waals surface area (Å²) in [4.78, 5) is 14.2. The second kappa shape index (κ2) is 5.74. The van der Waals surface area contributed by atoms with E-state index in [1.54, 1.807) is 0 Å². The molecule has 0 saturated carbocycles. The summed E-state index contributed by atoms with van der Waals surface area (Å²) in [5, 5.41) is 0. The van der Waals surface area contributed by atoms with E-state index in [9.17, 15) is 4.79 Å². The molecule has 2 N–H and O–H groups in total. The summed E-state index contributed by atoms with van der Waals surface area (Å²) >= 11 is 0. The Morgan fingerprint density at radius 1 is 1.42 bits per heavy atom. The van der Waals surface area contributed by atoms with Crippen molar-refractivity contribution in [3.63, 3.8) is 0 Å². The van der Waals surface area contributed by atoms with Gasteiger partial charge in [0.1, 0.15) is 0 Å². The lowest BCUT2D eigenvalue weighted by molar-refractivity contribution is -0.133. The smallest absolute Gasteiger partial charge is 0.239 e. The number of hydrogen-bond acceptors (Lipinski definition) is 2. The van der Waals surface area contributed by atoms with Crippen molar-refractivity contribution in [2.75, 3.05) is 7.05 Å². The van der Waals surface area contributed by atoms with Gasteiger partial charge in [0, 0.05) is 7.05 Å². The fourth-order valence-electron chi connectivity index (χ4n) is 2.96. The number of hydrogen-bond donors (Lipinski definition) is 1. The van der Waals surface area contributed by atoms with Crippen LogP contribution in [0.1, 0.15) is 43.9 Å². The van der Waals surface area contributed by atoms with Crippen LogP contribution in [-0.2, 0) is 11.2 Å². The van der Waals surface area contributed by atoms with Crippen molar-refractivity contribution in [1.29, 1.82) is 0 Å². The van der Waals surface area contributed by atoms with Crippen LogP contribution in [-0.4, -0.2) is 23.9 Å². The quantitative estimate of drug-likeness (QED) is 0.904. The molecular weight excluding hydrogens is 236 g/mol. The maximum atomic E-state index is 12.4. The molecule has 1 unspecified atom stereocenters. The maximum Gasteiger partial charge on any atom is 0.239 e. The van der Waals surface area contributed by atoms with Crippen molar-refractivity contribution in [1.82, 2.24) is 4.90 Å². The lowest BCUT2D eigenvalue weighted by Gasteiger charge is -2.28. The SMILES string of the molecule is CC(C)C[C@H](N)C(=O)N(C)C1CCc2ccccc21. The number of benzene rings is 1. The minimum Gasteiger partial charge on any atom is -0.337 e. The lowest BCUT2D eigenvalue weighted by atomic mass is 10.0. The van der Waals surface area contributed by atoms with Crippen LogP contribution in [0.4, 0.5) is 0 Å². The highest BCUT2D eigenvalue weighted by molar-refractivity contribution is 5.82. The molecule has 0 aromatic heterocycles. The van der Waals surface area contributed by atoms with Crippen LogP contribution in [0.25, 0.3) is 0 Å². The summed E-state index contributed by atoms with van der Waals surface area (Å²) < 4.78 is 0. The number of fused-ring (bicyclic) bond motifs is 1. The molecule has 0 fully saturated rings. The molecule has 0 saturated heterocycles. The number of carbonyl (C=O) groups is 1. The van der Waals surface area contributed by atoms with Gasteiger partial charge in [0.25, 0.3) is 0 Å². The fraction of sp³-hybridized carbons (Fsp3) is 0.562. The summed E-state index contributed by atoms with van der Waals surface area (Å²) in [6, 6.07) is 8.21. The molecule has 1 aliphatic rings. The van der Waals surface area contributed by atoms with Crippen LogP contribution >= 0.6 is 0 Å². The molecule has 1 amide bonds. The Morgan fingerprint density at radius 3 is 2.79 bits per heavy atom. The van der Waals surface area contributed by atoms with Gasteiger partial charge < -0.3 is 10.6 Å². The Kier molecular flexibility index (Phi) is 4.25. The van der Waals surface area contributed by atoms with Gasteiger partial charge in [0.2, 0.25) is 5.91 Å². The monoisotopic (exact) mass is 260 g/mol. The number of rotatable bonds is 4. The number of amides is 1. The summed E-state index contributed by atoms with van der Waals surface area (Å²) in [6.45, 7) is 4.19. The van der Waals surface area contributed by atoms with E-state index in [2.05, 4.69) is 32.0 Å². The van der Waals surface area contributed by atoms with Gasteiger partial charge in [-0.15, -0.1) is 0 Å². The molecule has 0 spiro atoms. The Labute approximate surface area is 115 Å². The molecule has 3 heteroatoms. The molecule has 104 valence electrons. The average Bonchev–Trinajstić information content (AvgIpc) is 2.80. The topological polar surface area (TPSA) is 46.3 Å². The van der Waals surface area contributed by atoms with E-state index >= 15 is 0 Å². The van der Waals surface area contributed by atoms with Crippen LogP contribution in [0.3, 0.4) is 0 Å². The molecule has 2 rings (SSSR count). The van der Waals surface area contributed by atoms with Gasteiger partial charge in [-0.25, -0.2) is 0 Å². The molecule has 3 nitrogen and oxygen atoms in total. The summed E-state index contributed by atoms with van der Waals surface area (Å²) in [7, 11) is 1.88. The Bertz CT molecular complexity index is 456. The predicted octanol–water partition coefficient (Wildman–Crippen LogP) is 2.51. The molecule has 2 atom stereocenters. The molecule has 1 aromatic carbocycles. The highest BCUT2D eigenvalue weighted by Crippen LogP contribution is 2.35. The standard InChI is InChI=1S/C16H24N2O/c1-11(2)10-14(17)16(19)18(3)15-9-8-12-6-4-5-7-13(12)15/h4-7,11,14-15H,8-10,17H2,1-3H3/t14-,15?/m0/s1. The third-order valence-electron chi connectivity index (χ3n) is 3.96. The minimum atomic E-state index is -0.377. The van der Waals surface area contributed by atoms with E-state index in [0.717, 1.165) is 19.3 Å². The maximum absolute atomic E-state index is 12.4. The van der Waals surface area contributed by atoms with E-state index < -0.39 is 0 Å². The van der Waals surface area contributed by atoms with Gasteiger partial charge in [0.05, 0.1) is 12.1 Å². The molecule has 0 bridgehead atoms. The van der Waals surface area contributed by atoms with Crippen molar-refractivity contribution < 1.29 is 4.79 Å². The zero-order valence-electron chi connectivity index (χ0n) is 12.1. The Morgan fingerprint density at radius 2 is 2.11 bits per heavy atom. The number of nitrogens with two attached hydrogens (primary N) is 1. The Balaban J connectivity index is 2.09. The molecule has 0 aliphatic heterocycles. The molecule has 0 radical (unpaired) electrons. The number of aryl methyl sites for hydroxylation is 1. The molecule has 1 aromatic rings.